The van der Waals surface area contributed by atoms with Gasteiger partial charge >= 0.3 is 0 Å². The van der Waals surface area contributed by atoms with Gasteiger partial charge in [0.15, 0.2) is 0 Å². The Labute approximate surface area is 215 Å². The molecule has 1 heterocycles. The van der Waals surface area contributed by atoms with Crippen LogP contribution in [0.25, 0.3) is 0 Å². The topological polar surface area (TPSA) is 75.7 Å². The van der Waals surface area contributed by atoms with Crippen LogP contribution in [-0.4, -0.2) is 38.3 Å². The Morgan fingerprint density at radius 2 is 1.86 bits per heavy atom. The molecule has 0 saturated carbocycles. The first-order chi connectivity index (χ1) is 16.9. The molecular weight excluding hydrogens is 504 g/mol. The van der Waals surface area contributed by atoms with E-state index in [1.54, 1.807) is 17.8 Å². The molecule has 1 N–H and O–H groups in total. The zero-order valence-corrected chi connectivity index (χ0v) is 21.7. The molecule has 1 aliphatic heterocycles. The van der Waals surface area contributed by atoms with Gasteiger partial charge in [-0.25, -0.2) is 8.42 Å². The third-order valence-electron chi connectivity index (χ3n) is 5.71. The molecule has 1 atom stereocenters. The van der Waals surface area contributed by atoms with E-state index in [2.05, 4.69) is 5.32 Å². The fourth-order valence-electron chi connectivity index (χ4n) is 3.95. The van der Waals surface area contributed by atoms with Crippen LogP contribution in [0.5, 0.6) is 5.75 Å². The summed E-state index contributed by atoms with van der Waals surface area (Å²) < 4.78 is 33.3. The van der Waals surface area contributed by atoms with Gasteiger partial charge < -0.3 is 10.1 Å². The predicted octanol–water partition coefficient (Wildman–Crippen LogP) is 5.93. The van der Waals surface area contributed by atoms with Crippen molar-refractivity contribution >= 4 is 45.0 Å². The van der Waals surface area contributed by atoms with E-state index in [-0.39, 0.29) is 22.4 Å². The molecule has 0 radical (unpaired) electrons. The number of ether oxygens (including phenoxy) is 1. The fraction of sp³-hybridized carbons (Fsp3) is 0.269. The van der Waals surface area contributed by atoms with Crippen LogP contribution in [0.15, 0.2) is 87.5 Å². The Hall–Kier alpha value is -2.52. The van der Waals surface area contributed by atoms with Crippen LogP contribution >= 0.6 is 23.4 Å². The Morgan fingerprint density at radius 3 is 2.60 bits per heavy atom. The van der Waals surface area contributed by atoms with Crippen molar-refractivity contribution in [3.63, 3.8) is 0 Å². The smallest absolute Gasteiger partial charge is 0.243 e. The SMILES string of the molecule is CCOc1ccc(S(=O)(=O)N2CCC[C@@H](C(=O)Nc3ccccc3Sc3ccccc3)C2)cc1Cl. The van der Waals surface area contributed by atoms with E-state index in [0.29, 0.717) is 37.4 Å². The van der Waals surface area contributed by atoms with E-state index in [1.165, 1.54) is 16.4 Å². The van der Waals surface area contributed by atoms with E-state index in [1.807, 2.05) is 61.5 Å². The van der Waals surface area contributed by atoms with Gasteiger partial charge in [0.1, 0.15) is 5.75 Å². The largest absolute Gasteiger partial charge is 0.492 e. The van der Waals surface area contributed by atoms with Gasteiger partial charge in [0, 0.05) is 22.9 Å². The van der Waals surface area contributed by atoms with Crippen molar-refractivity contribution in [3.8, 4) is 5.75 Å². The third-order valence-corrected chi connectivity index (χ3v) is 8.95. The number of nitrogens with one attached hydrogen (secondary N) is 1. The number of piperidine rings is 1. The maximum Gasteiger partial charge on any atom is 0.243 e. The van der Waals surface area contributed by atoms with E-state index >= 15 is 0 Å². The van der Waals surface area contributed by atoms with Crippen molar-refractivity contribution in [3.05, 3.63) is 77.8 Å². The van der Waals surface area contributed by atoms with E-state index in [0.717, 1.165) is 9.79 Å². The summed E-state index contributed by atoms with van der Waals surface area (Å²) in [6.45, 7) is 2.74. The van der Waals surface area contributed by atoms with Crippen molar-refractivity contribution in [2.75, 3.05) is 25.0 Å². The van der Waals surface area contributed by atoms with Crippen LogP contribution in [0.2, 0.25) is 5.02 Å². The molecule has 1 amide bonds. The van der Waals surface area contributed by atoms with Crippen LogP contribution in [0.4, 0.5) is 5.69 Å². The van der Waals surface area contributed by atoms with Gasteiger partial charge in [-0.3, -0.25) is 4.79 Å². The summed E-state index contributed by atoms with van der Waals surface area (Å²) in [6.07, 6.45) is 1.22. The maximum absolute atomic E-state index is 13.3. The molecule has 0 aliphatic carbocycles. The quantitative estimate of drug-likeness (QED) is 0.390. The Bertz CT molecular complexity index is 1290. The minimum absolute atomic E-state index is 0.0941. The van der Waals surface area contributed by atoms with Crippen molar-refractivity contribution in [1.29, 1.82) is 0 Å². The van der Waals surface area contributed by atoms with E-state index < -0.39 is 15.9 Å². The zero-order valence-electron chi connectivity index (χ0n) is 19.3. The molecule has 0 spiro atoms. The molecular formula is C26H27ClN2O4S2. The van der Waals surface area contributed by atoms with Gasteiger partial charge in [0.2, 0.25) is 15.9 Å². The van der Waals surface area contributed by atoms with Crippen molar-refractivity contribution in [1.82, 2.24) is 4.31 Å². The minimum atomic E-state index is -3.80. The Morgan fingerprint density at radius 1 is 1.11 bits per heavy atom. The summed E-state index contributed by atoms with van der Waals surface area (Å²) in [6, 6.07) is 22.0. The number of anilines is 1. The average Bonchev–Trinajstić information content (AvgIpc) is 2.87. The number of nitrogens with zero attached hydrogens (tertiary/aromatic N) is 1. The number of hydrogen-bond donors (Lipinski definition) is 1. The summed E-state index contributed by atoms with van der Waals surface area (Å²) in [5, 5.41) is 3.27. The van der Waals surface area contributed by atoms with Gasteiger partial charge in [-0.1, -0.05) is 53.7 Å². The summed E-state index contributed by atoms with van der Waals surface area (Å²) in [7, 11) is -3.80. The number of benzene rings is 3. The second kappa shape index (κ2) is 11.5. The number of carbonyl (C=O) groups excluding carboxylic acids is 1. The summed E-state index contributed by atoms with van der Waals surface area (Å²) >= 11 is 7.79. The van der Waals surface area contributed by atoms with Crippen LogP contribution in [0.3, 0.4) is 0 Å². The lowest BCUT2D eigenvalue weighted by molar-refractivity contribution is -0.120. The van der Waals surface area contributed by atoms with Crippen LogP contribution in [-0.2, 0) is 14.8 Å². The van der Waals surface area contributed by atoms with Gasteiger partial charge in [-0.2, -0.15) is 4.31 Å². The van der Waals surface area contributed by atoms with Gasteiger partial charge in [-0.05, 0) is 62.2 Å². The first-order valence-corrected chi connectivity index (χ1v) is 14.1. The number of rotatable bonds is 8. The van der Waals surface area contributed by atoms with E-state index in [9.17, 15) is 13.2 Å². The molecule has 0 aromatic heterocycles. The molecule has 3 aromatic carbocycles. The normalized spacial score (nSPS) is 16.6. The first-order valence-electron chi connectivity index (χ1n) is 11.4. The number of carbonyl (C=O) groups is 1. The van der Waals surface area contributed by atoms with E-state index in [4.69, 9.17) is 16.3 Å². The second-order valence-corrected chi connectivity index (χ2v) is 11.6. The number of amides is 1. The van der Waals surface area contributed by atoms with Crippen molar-refractivity contribution in [2.24, 2.45) is 5.92 Å². The lowest BCUT2D eigenvalue weighted by atomic mass is 9.99. The number of sulfonamides is 1. The van der Waals surface area contributed by atoms with Crippen molar-refractivity contribution in [2.45, 2.75) is 34.5 Å². The molecule has 1 saturated heterocycles. The molecule has 4 rings (SSSR count). The lowest BCUT2D eigenvalue weighted by Gasteiger charge is -2.31. The lowest BCUT2D eigenvalue weighted by Crippen LogP contribution is -2.43. The van der Waals surface area contributed by atoms with Crippen LogP contribution in [0, 0.1) is 5.92 Å². The summed E-state index contributed by atoms with van der Waals surface area (Å²) in [4.78, 5) is 15.3. The molecule has 6 nitrogen and oxygen atoms in total. The van der Waals surface area contributed by atoms with Crippen LogP contribution < -0.4 is 10.1 Å². The number of halogens is 1. The third kappa shape index (κ3) is 6.19. The Kier molecular flexibility index (Phi) is 8.38. The Balaban J connectivity index is 1.47. The molecule has 9 heteroatoms. The highest BCUT2D eigenvalue weighted by Gasteiger charge is 2.34. The van der Waals surface area contributed by atoms with Gasteiger partial charge in [0.25, 0.3) is 0 Å². The molecule has 1 aliphatic rings. The summed E-state index contributed by atoms with van der Waals surface area (Å²) in [5.41, 5.74) is 0.713. The highest BCUT2D eigenvalue weighted by molar-refractivity contribution is 7.99. The summed E-state index contributed by atoms with van der Waals surface area (Å²) in [5.74, 6) is -0.196. The fourth-order valence-corrected chi connectivity index (χ4v) is 6.72. The van der Waals surface area contributed by atoms with Crippen molar-refractivity contribution < 1.29 is 17.9 Å². The monoisotopic (exact) mass is 530 g/mol. The minimum Gasteiger partial charge on any atom is -0.492 e. The highest BCUT2D eigenvalue weighted by atomic mass is 35.5. The zero-order chi connectivity index (χ0) is 24.8. The molecule has 184 valence electrons. The second-order valence-electron chi connectivity index (χ2n) is 8.13. The molecule has 35 heavy (non-hydrogen) atoms. The molecule has 0 bridgehead atoms. The number of hydrogen-bond acceptors (Lipinski definition) is 5. The predicted molar refractivity (Wildman–Crippen MR) is 140 cm³/mol. The molecule has 1 fully saturated rings. The van der Waals surface area contributed by atoms with Gasteiger partial charge in [0.05, 0.1) is 28.1 Å². The highest BCUT2D eigenvalue weighted by Crippen LogP contribution is 2.34. The first kappa shape index (κ1) is 25.6. The van der Waals surface area contributed by atoms with Crippen LogP contribution in [0.1, 0.15) is 19.8 Å². The molecule has 3 aromatic rings. The van der Waals surface area contributed by atoms with Gasteiger partial charge in [-0.15, -0.1) is 0 Å². The molecule has 0 unspecified atom stereocenters. The standard InChI is InChI=1S/C26H27ClN2O4S2/c1-2-33-24-15-14-21(17-22(24)27)35(31,32)29-16-8-9-19(18-29)26(30)28-23-12-6-7-13-25(23)34-20-10-4-3-5-11-20/h3-7,10-15,17,19H,2,8-9,16,18H2,1H3,(H,28,30)/t19-/m1/s1. The maximum atomic E-state index is 13.3. The number of para-hydroxylation sites is 1. The average molecular weight is 531 g/mol.